The molecule has 0 radical (unpaired) electrons. The van der Waals surface area contributed by atoms with Crippen molar-refractivity contribution in [3.63, 3.8) is 0 Å². The first-order valence-electron chi connectivity index (χ1n) is 6.56. The van der Waals surface area contributed by atoms with Gasteiger partial charge in [0.1, 0.15) is 5.82 Å². The highest BCUT2D eigenvalue weighted by molar-refractivity contribution is 5.49. The predicted molar refractivity (Wildman–Crippen MR) is 76.8 cm³/mol. The Hall–Kier alpha value is -2.24. The Morgan fingerprint density at radius 3 is 2.38 bits per heavy atom. The first-order valence-corrected chi connectivity index (χ1v) is 6.56. The summed E-state index contributed by atoms with van der Waals surface area (Å²) >= 11 is 0. The van der Waals surface area contributed by atoms with Crippen LogP contribution in [0.15, 0.2) is 30.3 Å². The maximum atomic E-state index is 13.9. The van der Waals surface area contributed by atoms with E-state index in [2.05, 4.69) is 10.3 Å². The van der Waals surface area contributed by atoms with Crippen molar-refractivity contribution in [3.8, 4) is 0 Å². The summed E-state index contributed by atoms with van der Waals surface area (Å²) in [7, 11) is 1.64. The van der Waals surface area contributed by atoms with Crippen LogP contribution in [0.4, 0.5) is 24.8 Å². The molecule has 21 heavy (non-hydrogen) atoms. The van der Waals surface area contributed by atoms with Crippen molar-refractivity contribution in [2.45, 2.75) is 13.5 Å². The lowest BCUT2D eigenvalue weighted by Gasteiger charge is -2.20. The summed E-state index contributed by atoms with van der Waals surface area (Å²) in [5.41, 5.74) is 0.800. The fraction of sp³-hybridized carbons (Fsp3) is 0.267. The van der Waals surface area contributed by atoms with Gasteiger partial charge in [0.2, 0.25) is 0 Å². The number of hydrogen-bond donors (Lipinski definition) is 1. The number of pyridine rings is 1. The maximum absolute atomic E-state index is 13.9. The van der Waals surface area contributed by atoms with Crippen LogP contribution in [0.5, 0.6) is 0 Å². The van der Waals surface area contributed by atoms with Crippen molar-refractivity contribution in [1.29, 1.82) is 0 Å². The van der Waals surface area contributed by atoms with E-state index in [0.29, 0.717) is 13.1 Å². The largest absolute Gasteiger partial charge is 0.368 e. The molecule has 0 unspecified atom stereocenters. The molecule has 1 aromatic carbocycles. The predicted octanol–water partition coefficient (Wildman–Crippen LogP) is 3.57. The Balaban J connectivity index is 2.23. The van der Waals surface area contributed by atoms with Gasteiger partial charge in [0.15, 0.2) is 23.3 Å². The van der Waals surface area contributed by atoms with E-state index < -0.39 is 11.6 Å². The Kier molecular flexibility index (Phi) is 4.67. The van der Waals surface area contributed by atoms with E-state index in [9.17, 15) is 13.2 Å². The number of rotatable bonds is 5. The van der Waals surface area contributed by atoms with Gasteiger partial charge in [-0.25, -0.2) is 18.2 Å². The molecule has 0 spiro atoms. The molecular formula is C15H16F3N3. The molecule has 6 heteroatoms. The number of nitrogens with one attached hydrogen (secondary N) is 1. The summed E-state index contributed by atoms with van der Waals surface area (Å²) in [5, 5.41) is 2.74. The fourth-order valence-corrected chi connectivity index (χ4v) is 1.95. The van der Waals surface area contributed by atoms with E-state index in [1.165, 1.54) is 12.1 Å². The molecule has 0 atom stereocenters. The minimum atomic E-state index is -0.737. The molecule has 0 saturated heterocycles. The molecular weight excluding hydrogens is 279 g/mol. The van der Waals surface area contributed by atoms with Crippen LogP contribution >= 0.6 is 0 Å². The summed E-state index contributed by atoms with van der Waals surface area (Å²) in [4.78, 5) is 5.51. The lowest BCUT2D eigenvalue weighted by Crippen LogP contribution is -2.20. The second-order valence-electron chi connectivity index (χ2n) is 4.64. The highest BCUT2D eigenvalue weighted by Gasteiger charge is 2.15. The summed E-state index contributed by atoms with van der Waals surface area (Å²) in [6.07, 6.45) is 0. The van der Waals surface area contributed by atoms with Gasteiger partial charge in [-0.05, 0) is 24.6 Å². The third-order valence-corrected chi connectivity index (χ3v) is 2.95. The van der Waals surface area contributed by atoms with Gasteiger partial charge in [-0.15, -0.1) is 0 Å². The molecule has 1 heterocycles. The van der Waals surface area contributed by atoms with Gasteiger partial charge in [-0.2, -0.15) is 0 Å². The van der Waals surface area contributed by atoms with Crippen LogP contribution in [0.3, 0.4) is 0 Å². The number of benzene rings is 1. The van der Waals surface area contributed by atoms with Gasteiger partial charge in [0.05, 0.1) is 0 Å². The number of anilines is 2. The zero-order valence-corrected chi connectivity index (χ0v) is 11.8. The lowest BCUT2D eigenvalue weighted by atomic mass is 10.2. The zero-order chi connectivity index (χ0) is 15.4. The van der Waals surface area contributed by atoms with Crippen molar-refractivity contribution < 1.29 is 13.2 Å². The second kappa shape index (κ2) is 6.47. The van der Waals surface area contributed by atoms with Crippen molar-refractivity contribution in [3.05, 3.63) is 53.3 Å². The molecule has 3 nitrogen and oxygen atoms in total. The number of halogens is 3. The van der Waals surface area contributed by atoms with E-state index in [1.54, 1.807) is 31.0 Å². The van der Waals surface area contributed by atoms with Crippen molar-refractivity contribution in [2.24, 2.45) is 0 Å². The van der Waals surface area contributed by atoms with Crippen molar-refractivity contribution in [2.75, 3.05) is 23.8 Å². The van der Waals surface area contributed by atoms with Crippen LogP contribution in [0.2, 0.25) is 0 Å². The normalized spacial score (nSPS) is 10.5. The molecule has 0 aliphatic rings. The first kappa shape index (κ1) is 15.2. The molecule has 112 valence electrons. The number of hydrogen-bond acceptors (Lipinski definition) is 3. The van der Waals surface area contributed by atoms with Crippen LogP contribution in [-0.2, 0) is 6.54 Å². The van der Waals surface area contributed by atoms with E-state index in [-0.39, 0.29) is 17.5 Å². The van der Waals surface area contributed by atoms with Crippen molar-refractivity contribution in [1.82, 2.24) is 4.98 Å². The number of aromatic nitrogens is 1. The Bertz CT molecular complexity index is 614. The fourth-order valence-electron chi connectivity index (χ4n) is 1.95. The zero-order valence-electron chi connectivity index (χ0n) is 11.8. The molecule has 0 fully saturated rings. The van der Waals surface area contributed by atoms with Gasteiger partial charge in [0, 0.05) is 26.2 Å². The molecule has 0 aliphatic carbocycles. The molecule has 1 N–H and O–H groups in total. The smallest absolute Gasteiger partial charge is 0.168 e. The third kappa shape index (κ3) is 3.65. The van der Waals surface area contributed by atoms with Gasteiger partial charge in [-0.3, -0.25) is 0 Å². The van der Waals surface area contributed by atoms with Gasteiger partial charge < -0.3 is 10.2 Å². The average molecular weight is 295 g/mol. The van der Waals surface area contributed by atoms with Gasteiger partial charge in [0.25, 0.3) is 0 Å². The average Bonchev–Trinajstić information content (AvgIpc) is 2.44. The standard InChI is InChI=1S/C15H16F3N3/c1-3-19-14-12(17)8-13(18)15(20-14)21(2)9-10-4-6-11(16)7-5-10/h4-8H,3,9H2,1-2H3,(H,19,20). The first-order chi connectivity index (χ1) is 10.0. The Labute approximate surface area is 121 Å². The van der Waals surface area contributed by atoms with Crippen LogP contribution < -0.4 is 10.2 Å². The quantitative estimate of drug-likeness (QED) is 0.914. The molecule has 1 aromatic heterocycles. The Morgan fingerprint density at radius 2 is 1.76 bits per heavy atom. The molecule has 0 saturated carbocycles. The monoisotopic (exact) mass is 295 g/mol. The van der Waals surface area contributed by atoms with E-state index in [4.69, 9.17) is 0 Å². The molecule has 2 rings (SSSR count). The van der Waals surface area contributed by atoms with Crippen LogP contribution in [-0.4, -0.2) is 18.6 Å². The molecule has 0 aliphatic heterocycles. The third-order valence-electron chi connectivity index (χ3n) is 2.95. The lowest BCUT2D eigenvalue weighted by molar-refractivity contribution is 0.572. The summed E-state index contributed by atoms with van der Waals surface area (Å²) in [6.45, 7) is 2.62. The summed E-state index contributed by atoms with van der Waals surface area (Å²) in [6, 6.07) is 6.70. The highest BCUT2D eigenvalue weighted by Crippen LogP contribution is 2.22. The van der Waals surface area contributed by atoms with E-state index in [0.717, 1.165) is 11.6 Å². The van der Waals surface area contributed by atoms with Crippen LogP contribution in [0.25, 0.3) is 0 Å². The maximum Gasteiger partial charge on any atom is 0.168 e. The minimum Gasteiger partial charge on any atom is -0.368 e. The molecule has 2 aromatic rings. The van der Waals surface area contributed by atoms with Gasteiger partial charge >= 0.3 is 0 Å². The van der Waals surface area contributed by atoms with Crippen molar-refractivity contribution >= 4 is 11.6 Å². The summed E-state index contributed by atoms with van der Waals surface area (Å²) in [5.74, 6) is -1.74. The summed E-state index contributed by atoms with van der Waals surface area (Å²) < 4.78 is 40.2. The highest BCUT2D eigenvalue weighted by atomic mass is 19.1. The van der Waals surface area contributed by atoms with Crippen LogP contribution in [0, 0.1) is 17.5 Å². The Morgan fingerprint density at radius 1 is 1.10 bits per heavy atom. The molecule has 0 bridgehead atoms. The van der Waals surface area contributed by atoms with E-state index >= 15 is 0 Å². The van der Waals surface area contributed by atoms with E-state index in [1.807, 2.05) is 0 Å². The second-order valence-corrected chi connectivity index (χ2v) is 4.64. The molecule has 0 amide bonds. The SMILES string of the molecule is CCNc1nc(N(C)Cc2ccc(F)cc2)c(F)cc1F. The van der Waals surface area contributed by atoms with Gasteiger partial charge in [-0.1, -0.05) is 12.1 Å². The number of nitrogens with zero attached hydrogens (tertiary/aromatic N) is 2. The topological polar surface area (TPSA) is 28.2 Å². The minimum absolute atomic E-state index is 0.0138. The van der Waals surface area contributed by atoms with Crippen LogP contribution in [0.1, 0.15) is 12.5 Å².